The molecule has 3 nitrogen and oxygen atoms in total. The lowest BCUT2D eigenvalue weighted by atomic mass is 10.0. The molecule has 3 heteroatoms. The van der Waals surface area contributed by atoms with Gasteiger partial charge in [0.15, 0.2) is 0 Å². The summed E-state index contributed by atoms with van der Waals surface area (Å²) in [5, 5.41) is 2.27. The van der Waals surface area contributed by atoms with E-state index in [9.17, 15) is 0 Å². The Kier molecular flexibility index (Phi) is 4.15. The van der Waals surface area contributed by atoms with Crippen LogP contribution in [0.2, 0.25) is 0 Å². The van der Waals surface area contributed by atoms with Crippen molar-refractivity contribution in [2.45, 2.75) is 0 Å². The fourth-order valence-corrected chi connectivity index (χ4v) is 4.84. The van der Waals surface area contributed by atoms with E-state index in [-0.39, 0.29) is 0 Å². The van der Waals surface area contributed by atoms with Crippen molar-refractivity contribution in [2.75, 3.05) is 0 Å². The van der Waals surface area contributed by atoms with Crippen molar-refractivity contribution in [2.24, 2.45) is 0 Å². The molecule has 0 amide bonds. The average Bonchev–Trinajstić information content (AvgIpc) is 3.48. The molecule has 7 rings (SSSR count). The number of furan rings is 1. The summed E-state index contributed by atoms with van der Waals surface area (Å²) in [6, 6.07) is 41.8. The maximum absolute atomic E-state index is 6.32. The van der Waals surface area contributed by atoms with Crippen LogP contribution >= 0.6 is 0 Å². The van der Waals surface area contributed by atoms with Gasteiger partial charge in [0.25, 0.3) is 0 Å². The lowest BCUT2D eigenvalue weighted by Gasteiger charge is -2.10. The summed E-state index contributed by atoms with van der Waals surface area (Å²) in [4.78, 5) is 5.03. The summed E-state index contributed by atoms with van der Waals surface area (Å²) >= 11 is 0. The highest BCUT2D eigenvalue weighted by Crippen LogP contribution is 2.37. The van der Waals surface area contributed by atoms with Gasteiger partial charge in [-0.15, -0.1) is 0 Å². The van der Waals surface area contributed by atoms with Crippen molar-refractivity contribution in [3.63, 3.8) is 0 Å². The summed E-state index contributed by atoms with van der Waals surface area (Å²) < 4.78 is 8.56. The molecule has 5 aromatic carbocycles. The van der Waals surface area contributed by atoms with Gasteiger partial charge in [0.05, 0.1) is 11.0 Å². The molecule has 0 N–H and O–H groups in total. The highest BCUT2D eigenvalue weighted by molar-refractivity contribution is 6.09. The van der Waals surface area contributed by atoms with Gasteiger partial charge < -0.3 is 4.42 Å². The first-order valence-corrected chi connectivity index (χ1v) is 11.4. The van der Waals surface area contributed by atoms with Gasteiger partial charge in [-0.1, -0.05) is 91.0 Å². The second kappa shape index (κ2) is 7.46. The third kappa shape index (κ3) is 2.87. The van der Waals surface area contributed by atoms with Crippen LogP contribution in [0.5, 0.6) is 0 Å². The van der Waals surface area contributed by atoms with Crippen molar-refractivity contribution in [3.05, 3.63) is 121 Å². The van der Waals surface area contributed by atoms with Crippen molar-refractivity contribution in [3.8, 4) is 28.2 Å². The average molecular weight is 437 g/mol. The second-order valence-electron chi connectivity index (χ2n) is 8.46. The van der Waals surface area contributed by atoms with E-state index in [0.717, 1.165) is 61.2 Å². The van der Waals surface area contributed by atoms with Crippen molar-refractivity contribution in [1.29, 1.82) is 0 Å². The van der Waals surface area contributed by atoms with Gasteiger partial charge in [0.1, 0.15) is 17.0 Å². The fraction of sp³-hybridized carbons (Fsp3) is 0. The summed E-state index contributed by atoms with van der Waals surface area (Å²) in [5.41, 5.74) is 8.21. The van der Waals surface area contributed by atoms with Crippen LogP contribution in [0.25, 0.3) is 61.2 Å². The number of hydrogen-bond acceptors (Lipinski definition) is 2. The van der Waals surface area contributed by atoms with E-state index >= 15 is 0 Å². The number of para-hydroxylation sites is 3. The van der Waals surface area contributed by atoms with Gasteiger partial charge in [-0.05, 0) is 35.9 Å². The molecule has 0 saturated carbocycles. The van der Waals surface area contributed by atoms with Crippen LogP contribution < -0.4 is 0 Å². The minimum Gasteiger partial charge on any atom is -0.455 e. The van der Waals surface area contributed by atoms with E-state index in [0.29, 0.717) is 0 Å². The molecular formula is C31H20N2O. The molecule has 0 radical (unpaired) electrons. The molecule has 0 aliphatic rings. The molecule has 34 heavy (non-hydrogen) atoms. The highest BCUT2D eigenvalue weighted by atomic mass is 16.3. The minimum absolute atomic E-state index is 0.909. The first-order chi connectivity index (χ1) is 16.9. The van der Waals surface area contributed by atoms with Crippen LogP contribution in [0.1, 0.15) is 0 Å². The summed E-state index contributed by atoms with van der Waals surface area (Å²) in [5.74, 6) is 0.931. The van der Waals surface area contributed by atoms with Crippen LogP contribution in [0.4, 0.5) is 0 Å². The predicted molar refractivity (Wildman–Crippen MR) is 139 cm³/mol. The Morgan fingerprint density at radius 2 is 1.32 bits per heavy atom. The van der Waals surface area contributed by atoms with Crippen molar-refractivity contribution in [1.82, 2.24) is 9.55 Å². The topological polar surface area (TPSA) is 31.0 Å². The van der Waals surface area contributed by atoms with Crippen molar-refractivity contribution < 1.29 is 4.42 Å². The first kappa shape index (κ1) is 18.9. The van der Waals surface area contributed by atoms with E-state index in [2.05, 4.69) is 102 Å². The molecule has 160 valence electrons. The van der Waals surface area contributed by atoms with Gasteiger partial charge >= 0.3 is 0 Å². The Labute approximate surface area is 196 Å². The molecule has 0 bridgehead atoms. The molecule has 7 aromatic rings. The predicted octanol–water partition coefficient (Wildman–Crippen LogP) is 8.26. The molecule has 0 saturated heterocycles. The SMILES string of the molecule is c1ccc(-c2nc3ccc(-c4cccc5c4oc4ccccc45)cc3n2-c2ccccc2)cc1. The molecule has 0 aliphatic carbocycles. The Hall–Kier alpha value is -4.63. The number of hydrogen-bond donors (Lipinski definition) is 0. The Morgan fingerprint density at radius 3 is 2.18 bits per heavy atom. The summed E-state index contributed by atoms with van der Waals surface area (Å²) in [7, 11) is 0. The van der Waals surface area contributed by atoms with Gasteiger partial charge in [-0.25, -0.2) is 4.98 Å². The second-order valence-corrected chi connectivity index (χ2v) is 8.46. The lowest BCUT2D eigenvalue weighted by molar-refractivity contribution is 0.670. The molecule has 0 fully saturated rings. The number of nitrogens with zero attached hydrogens (tertiary/aromatic N) is 2. The molecule has 2 aromatic heterocycles. The smallest absolute Gasteiger partial charge is 0.145 e. The van der Waals surface area contributed by atoms with Crippen LogP contribution in [0.3, 0.4) is 0 Å². The lowest BCUT2D eigenvalue weighted by Crippen LogP contribution is -1.97. The number of benzene rings is 5. The number of fused-ring (bicyclic) bond motifs is 4. The quantitative estimate of drug-likeness (QED) is 0.279. The Morgan fingerprint density at radius 1 is 0.588 bits per heavy atom. The number of rotatable bonds is 3. The minimum atomic E-state index is 0.909. The highest BCUT2D eigenvalue weighted by Gasteiger charge is 2.17. The molecule has 0 aliphatic heterocycles. The third-order valence-electron chi connectivity index (χ3n) is 6.42. The van der Waals surface area contributed by atoms with E-state index in [1.807, 2.05) is 24.3 Å². The maximum Gasteiger partial charge on any atom is 0.145 e. The van der Waals surface area contributed by atoms with E-state index in [1.54, 1.807) is 0 Å². The Balaban J connectivity index is 1.51. The summed E-state index contributed by atoms with van der Waals surface area (Å²) in [6.07, 6.45) is 0. The maximum atomic E-state index is 6.32. The summed E-state index contributed by atoms with van der Waals surface area (Å²) in [6.45, 7) is 0. The molecule has 2 heterocycles. The van der Waals surface area contributed by atoms with E-state index in [1.165, 1.54) is 0 Å². The van der Waals surface area contributed by atoms with Crippen LogP contribution in [-0.4, -0.2) is 9.55 Å². The zero-order chi connectivity index (χ0) is 22.5. The Bertz CT molecular complexity index is 1790. The van der Waals surface area contributed by atoms with Gasteiger partial charge in [0.2, 0.25) is 0 Å². The third-order valence-corrected chi connectivity index (χ3v) is 6.42. The monoisotopic (exact) mass is 436 g/mol. The molecular weight excluding hydrogens is 416 g/mol. The zero-order valence-electron chi connectivity index (χ0n) is 18.3. The van der Waals surface area contributed by atoms with Crippen molar-refractivity contribution >= 4 is 33.0 Å². The molecule has 0 spiro atoms. The normalized spacial score (nSPS) is 11.5. The van der Waals surface area contributed by atoms with Crippen LogP contribution in [0, 0.1) is 0 Å². The van der Waals surface area contributed by atoms with Crippen LogP contribution in [-0.2, 0) is 0 Å². The van der Waals surface area contributed by atoms with E-state index in [4.69, 9.17) is 9.40 Å². The fourth-order valence-electron chi connectivity index (χ4n) is 4.84. The standard InChI is InChI=1S/C31H20N2O/c1-3-10-21(11-4-1)31-32-27-19-18-22(20-28(27)33(31)23-12-5-2-6-13-23)24-15-9-16-26-25-14-7-8-17-29(25)34-30(24)26/h1-20H. The number of imidazole rings is 1. The largest absolute Gasteiger partial charge is 0.455 e. The molecule has 0 atom stereocenters. The molecule has 0 unspecified atom stereocenters. The van der Waals surface area contributed by atoms with Gasteiger partial charge in [0, 0.05) is 27.6 Å². The zero-order valence-corrected chi connectivity index (χ0v) is 18.3. The first-order valence-electron chi connectivity index (χ1n) is 11.4. The van der Waals surface area contributed by atoms with E-state index < -0.39 is 0 Å². The number of aromatic nitrogens is 2. The van der Waals surface area contributed by atoms with Gasteiger partial charge in [-0.3, -0.25) is 4.57 Å². The van der Waals surface area contributed by atoms with Gasteiger partial charge in [-0.2, -0.15) is 0 Å². The van der Waals surface area contributed by atoms with Crippen LogP contribution in [0.15, 0.2) is 126 Å².